The fourth-order valence-corrected chi connectivity index (χ4v) is 2.85. The van der Waals surface area contributed by atoms with Gasteiger partial charge in [0, 0.05) is 45.2 Å². The smallest absolute Gasteiger partial charge is 0.410 e. The summed E-state index contributed by atoms with van der Waals surface area (Å²) in [7, 11) is 0. The lowest BCUT2D eigenvalue weighted by atomic mass is 10.1. The van der Waals surface area contributed by atoms with Gasteiger partial charge in [-0.3, -0.25) is 4.90 Å². The highest BCUT2D eigenvalue weighted by Crippen LogP contribution is 2.18. The zero-order chi connectivity index (χ0) is 18.7. The third-order valence-electron chi connectivity index (χ3n) is 4.17. The zero-order valence-corrected chi connectivity index (χ0v) is 15.9. The van der Waals surface area contributed by atoms with Crippen molar-refractivity contribution in [1.29, 1.82) is 0 Å². The first-order chi connectivity index (χ1) is 12.3. The Labute approximate surface area is 153 Å². The number of nitrogens with zero attached hydrogens (tertiary/aromatic N) is 4. The molecule has 7 heteroatoms. The summed E-state index contributed by atoms with van der Waals surface area (Å²) in [6.45, 7) is 11.4. The van der Waals surface area contributed by atoms with Crippen molar-refractivity contribution in [3.05, 3.63) is 35.7 Å². The van der Waals surface area contributed by atoms with E-state index in [0.29, 0.717) is 24.8 Å². The monoisotopic (exact) mass is 358 g/mol. The molecule has 1 saturated heterocycles. The van der Waals surface area contributed by atoms with Crippen LogP contribution in [-0.2, 0) is 11.3 Å². The van der Waals surface area contributed by atoms with Gasteiger partial charge >= 0.3 is 6.09 Å². The van der Waals surface area contributed by atoms with Crippen molar-refractivity contribution < 1.29 is 14.1 Å². The molecule has 3 rings (SSSR count). The van der Waals surface area contributed by atoms with Crippen molar-refractivity contribution in [2.45, 2.75) is 39.8 Å². The number of hydrogen-bond acceptors (Lipinski definition) is 6. The topological polar surface area (TPSA) is 71.7 Å². The standard InChI is InChI=1S/C19H26N4O3/c1-14-20-17(21-26-14)16-7-5-15(6-8-16)13-22-9-11-23(12-10-22)18(24)25-19(2,3)4/h5-8H,9-13H2,1-4H3. The van der Waals surface area contributed by atoms with E-state index in [2.05, 4.69) is 27.2 Å². The average Bonchev–Trinajstić information content (AvgIpc) is 3.01. The van der Waals surface area contributed by atoms with Crippen LogP contribution in [0.15, 0.2) is 28.8 Å². The molecular formula is C19H26N4O3. The summed E-state index contributed by atoms with van der Waals surface area (Å²) < 4.78 is 10.5. The zero-order valence-electron chi connectivity index (χ0n) is 15.9. The van der Waals surface area contributed by atoms with Gasteiger partial charge in [0.1, 0.15) is 5.60 Å². The van der Waals surface area contributed by atoms with Gasteiger partial charge in [0.25, 0.3) is 0 Å². The van der Waals surface area contributed by atoms with Gasteiger partial charge in [0.15, 0.2) is 0 Å². The molecule has 0 bridgehead atoms. The third kappa shape index (κ3) is 4.82. The SMILES string of the molecule is Cc1nc(-c2ccc(CN3CCN(C(=O)OC(C)(C)C)CC3)cc2)no1. The Kier molecular flexibility index (Phi) is 5.27. The van der Waals surface area contributed by atoms with E-state index < -0.39 is 5.60 Å². The Morgan fingerprint density at radius 1 is 1.15 bits per heavy atom. The molecule has 7 nitrogen and oxygen atoms in total. The summed E-state index contributed by atoms with van der Waals surface area (Å²) in [5, 5.41) is 3.94. The average molecular weight is 358 g/mol. The second-order valence-corrected chi connectivity index (χ2v) is 7.58. The Morgan fingerprint density at radius 2 is 1.81 bits per heavy atom. The second kappa shape index (κ2) is 7.45. The van der Waals surface area contributed by atoms with Crippen LogP contribution < -0.4 is 0 Å². The minimum atomic E-state index is -0.451. The number of aromatic nitrogens is 2. The van der Waals surface area contributed by atoms with Crippen LogP contribution >= 0.6 is 0 Å². The van der Waals surface area contributed by atoms with Gasteiger partial charge in [-0.2, -0.15) is 4.98 Å². The second-order valence-electron chi connectivity index (χ2n) is 7.58. The van der Waals surface area contributed by atoms with Crippen molar-refractivity contribution in [2.24, 2.45) is 0 Å². The van der Waals surface area contributed by atoms with E-state index in [1.807, 2.05) is 32.9 Å². The predicted molar refractivity (Wildman–Crippen MR) is 97.6 cm³/mol. The Morgan fingerprint density at radius 3 is 2.35 bits per heavy atom. The van der Waals surface area contributed by atoms with Crippen LogP contribution in [0.25, 0.3) is 11.4 Å². The van der Waals surface area contributed by atoms with Gasteiger partial charge in [-0.25, -0.2) is 4.79 Å². The van der Waals surface area contributed by atoms with Crippen LogP contribution in [0.2, 0.25) is 0 Å². The van der Waals surface area contributed by atoms with Crippen molar-refractivity contribution in [2.75, 3.05) is 26.2 Å². The minimum absolute atomic E-state index is 0.225. The van der Waals surface area contributed by atoms with Gasteiger partial charge in [0.2, 0.25) is 11.7 Å². The van der Waals surface area contributed by atoms with E-state index in [9.17, 15) is 4.79 Å². The van der Waals surface area contributed by atoms with Crippen LogP contribution in [0.1, 0.15) is 32.2 Å². The molecule has 1 fully saturated rings. The van der Waals surface area contributed by atoms with Gasteiger partial charge < -0.3 is 14.2 Å². The molecule has 2 aromatic rings. The maximum atomic E-state index is 12.1. The number of piperazine rings is 1. The predicted octanol–water partition coefficient (Wildman–Crippen LogP) is 3.10. The lowest BCUT2D eigenvalue weighted by molar-refractivity contribution is 0.0139. The summed E-state index contributed by atoms with van der Waals surface area (Å²) in [6.07, 6.45) is -0.225. The summed E-state index contributed by atoms with van der Waals surface area (Å²) in [6, 6.07) is 8.19. The highest BCUT2D eigenvalue weighted by molar-refractivity contribution is 5.68. The molecule has 0 radical (unpaired) electrons. The van der Waals surface area contributed by atoms with Crippen LogP contribution in [0.4, 0.5) is 4.79 Å². The number of carbonyl (C=O) groups excluding carboxylic acids is 1. The Balaban J connectivity index is 1.51. The van der Waals surface area contributed by atoms with Crippen LogP contribution in [-0.4, -0.2) is 57.8 Å². The quantitative estimate of drug-likeness (QED) is 0.840. The van der Waals surface area contributed by atoms with Crippen molar-refractivity contribution in [1.82, 2.24) is 19.9 Å². The molecule has 1 aliphatic rings. The van der Waals surface area contributed by atoms with E-state index >= 15 is 0 Å². The molecule has 0 atom stereocenters. The molecule has 0 N–H and O–H groups in total. The molecular weight excluding hydrogens is 332 g/mol. The van der Waals surface area contributed by atoms with Crippen molar-refractivity contribution >= 4 is 6.09 Å². The number of rotatable bonds is 3. The maximum Gasteiger partial charge on any atom is 0.410 e. The summed E-state index contributed by atoms with van der Waals surface area (Å²) in [5.74, 6) is 1.17. The van der Waals surface area contributed by atoms with Gasteiger partial charge in [0.05, 0.1) is 0 Å². The molecule has 0 saturated carbocycles. The van der Waals surface area contributed by atoms with Gasteiger partial charge in [-0.05, 0) is 26.3 Å². The summed E-state index contributed by atoms with van der Waals surface area (Å²) >= 11 is 0. The van der Waals surface area contributed by atoms with Crippen LogP contribution in [0.3, 0.4) is 0 Å². The summed E-state index contributed by atoms with van der Waals surface area (Å²) in [5.41, 5.74) is 1.72. The first-order valence-corrected chi connectivity index (χ1v) is 8.90. The van der Waals surface area contributed by atoms with Gasteiger partial charge in [-0.15, -0.1) is 0 Å². The lowest BCUT2D eigenvalue weighted by Gasteiger charge is -2.35. The molecule has 0 unspecified atom stereocenters. The van der Waals surface area contributed by atoms with E-state index in [0.717, 1.165) is 25.2 Å². The molecule has 1 aliphatic heterocycles. The molecule has 26 heavy (non-hydrogen) atoms. The molecule has 140 valence electrons. The number of aryl methyl sites for hydroxylation is 1. The van der Waals surface area contributed by atoms with E-state index in [4.69, 9.17) is 9.26 Å². The minimum Gasteiger partial charge on any atom is -0.444 e. The Hall–Kier alpha value is -2.41. The number of amides is 1. The fourth-order valence-electron chi connectivity index (χ4n) is 2.85. The number of hydrogen-bond donors (Lipinski definition) is 0. The largest absolute Gasteiger partial charge is 0.444 e. The number of carbonyl (C=O) groups is 1. The molecule has 0 aliphatic carbocycles. The van der Waals surface area contributed by atoms with Crippen LogP contribution in [0, 0.1) is 6.92 Å². The Bertz CT molecular complexity index is 741. The molecule has 0 spiro atoms. The first kappa shape index (κ1) is 18.4. The van der Waals surface area contributed by atoms with E-state index in [-0.39, 0.29) is 6.09 Å². The van der Waals surface area contributed by atoms with E-state index in [1.54, 1.807) is 11.8 Å². The summed E-state index contributed by atoms with van der Waals surface area (Å²) in [4.78, 5) is 20.5. The first-order valence-electron chi connectivity index (χ1n) is 8.90. The van der Waals surface area contributed by atoms with Crippen LogP contribution in [0.5, 0.6) is 0 Å². The normalized spacial score (nSPS) is 15.9. The van der Waals surface area contributed by atoms with Crippen molar-refractivity contribution in [3.63, 3.8) is 0 Å². The van der Waals surface area contributed by atoms with Crippen molar-refractivity contribution in [3.8, 4) is 11.4 Å². The van der Waals surface area contributed by atoms with E-state index in [1.165, 1.54) is 5.56 Å². The number of benzene rings is 1. The lowest BCUT2D eigenvalue weighted by Crippen LogP contribution is -2.49. The maximum absolute atomic E-state index is 12.1. The fraction of sp³-hybridized carbons (Fsp3) is 0.526. The third-order valence-corrected chi connectivity index (χ3v) is 4.17. The number of ether oxygens (including phenoxy) is 1. The molecule has 1 aromatic heterocycles. The molecule has 1 amide bonds. The molecule has 1 aromatic carbocycles. The highest BCUT2D eigenvalue weighted by Gasteiger charge is 2.25. The van der Waals surface area contributed by atoms with Gasteiger partial charge in [-0.1, -0.05) is 29.4 Å². The molecule has 2 heterocycles. The highest BCUT2D eigenvalue weighted by atomic mass is 16.6.